The van der Waals surface area contributed by atoms with Crippen molar-refractivity contribution in [2.75, 3.05) is 40.8 Å². The molecule has 72 valence electrons. The van der Waals surface area contributed by atoms with Gasteiger partial charge in [0.2, 0.25) is 0 Å². The molecule has 0 aromatic heterocycles. The third-order valence-electron chi connectivity index (χ3n) is 2.93. The van der Waals surface area contributed by atoms with Gasteiger partial charge in [0.25, 0.3) is 0 Å². The van der Waals surface area contributed by atoms with Gasteiger partial charge in [-0.2, -0.15) is 0 Å². The summed E-state index contributed by atoms with van der Waals surface area (Å²) < 4.78 is 0. The molecule has 1 rings (SSSR count). The van der Waals surface area contributed by atoms with Crippen molar-refractivity contribution in [1.82, 2.24) is 15.1 Å². The fraction of sp³-hybridized carbons (Fsp3) is 1.00. The predicted octanol–water partition coefficient (Wildman–Crippen LogP) is -0.160. The van der Waals surface area contributed by atoms with Crippen molar-refractivity contribution < 1.29 is 0 Å². The first-order valence-corrected chi connectivity index (χ1v) is 4.70. The smallest absolute Gasteiger partial charge is 0.0370 e. The molecular formula is C9H21N3. The van der Waals surface area contributed by atoms with Crippen molar-refractivity contribution in [3.8, 4) is 0 Å². The van der Waals surface area contributed by atoms with Crippen LogP contribution >= 0.6 is 0 Å². The quantitative estimate of drug-likeness (QED) is 0.623. The van der Waals surface area contributed by atoms with Crippen molar-refractivity contribution in [2.24, 2.45) is 0 Å². The van der Waals surface area contributed by atoms with E-state index in [0.717, 1.165) is 13.1 Å². The summed E-state index contributed by atoms with van der Waals surface area (Å²) in [5.74, 6) is 0. The van der Waals surface area contributed by atoms with Gasteiger partial charge in [-0.15, -0.1) is 0 Å². The summed E-state index contributed by atoms with van der Waals surface area (Å²) in [6, 6.07) is 1.29. The molecule has 0 aromatic carbocycles. The predicted molar refractivity (Wildman–Crippen MR) is 52.4 cm³/mol. The SMILES string of the molecule is CC(C1CNCCN1C)N(C)C. The second-order valence-corrected chi connectivity index (χ2v) is 3.96. The first kappa shape index (κ1) is 9.96. The summed E-state index contributed by atoms with van der Waals surface area (Å²) in [7, 11) is 6.51. The molecule has 0 amide bonds. The van der Waals surface area contributed by atoms with Gasteiger partial charge in [-0.25, -0.2) is 0 Å². The number of hydrogen-bond donors (Lipinski definition) is 1. The molecule has 0 spiro atoms. The van der Waals surface area contributed by atoms with Crippen molar-refractivity contribution in [1.29, 1.82) is 0 Å². The van der Waals surface area contributed by atoms with Crippen LogP contribution in [0.25, 0.3) is 0 Å². The van der Waals surface area contributed by atoms with Gasteiger partial charge in [0.1, 0.15) is 0 Å². The van der Waals surface area contributed by atoms with Crippen molar-refractivity contribution >= 4 is 0 Å². The average molecular weight is 171 g/mol. The van der Waals surface area contributed by atoms with Crippen LogP contribution in [0.4, 0.5) is 0 Å². The average Bonchev–Trinajstić information content (AvgIpc) is 2.04. The maximum absolute atomic E-state index is 3.43. The third-order valence-corrected chi connectivity index (χ3v) is 2.93. The molecule has 0 aliphatic carbocycles. The van der Waals surface area contributed by atoms with Crippen LogP contribution in [-0.2, 0) is 0 Å². The van der Waals surface area contributed by atoms with Gasteiger partial charge in [-0.05, 0) is 28.1 Å². The first-order chi connectivity index (χ1) is 5.63. The molecule has 0 aromatic rings. The van der Waals surface area contributed by atoms with E-state index in [1.165, 1.54) is 6.54 Å². The van der Waals surface area contributed by atoms with Crippen LogP contribution in [0.3, 0.4) is 0 Å². The number of likely N-dealkylation sites (N-methyl/N-ethyl adjacent to an activating group) is 2. The second-order valence-electron chi connectivity index (χ2n) is 3.96. The Morgan fingerprint density at radius 3 is 2.67 bits per heavy atom. The molecule has 1 saturated heterocycles. The summed E-state index contributed by atoms with van der Waals surface area (Å²) in [6.45, 7) is 5.71. The lowest BCUT2D eigenvalue weighted by Gasteiger charge is -2.39. The first-order valence-electron chi connectivity index (χ1n) is 4.70. The topological polar surface area (TPSA) is 18.5 Å². The van der Waals surface area contributed by atoms with Crippen molar-refractivity contribution in [3.05, 3.63) is 0 Å². The Kier molecular flexibility index (Phi) is 3.50. The van der Waals surface area contributed by atoms with Gasteiger partial charge >= 0.3 is 0 Å². The number of hydrogen-bond acceptors (Lipinski definition) is 3. The van der Waals surface area contributed by atoms with Crippen LogP contribution in [0.15, 0.2) is 0 Å². The van der Waals surface area contributed by atoms with Crippen LogP contribution in [0, 0.1) is 0 Å². The van der Waals surface area contributed by atoms with E-state index in [1.54, 1.807) is 0 Å². The van der Waals surface area contributed by atoms with Gasteiger partial charge in [-0.3, -0.25) is 4.90 Å². The van der Waals surface area contributed by atoms with Crippen LogP contribution in [0.1, 0.15) is 6.92 Å². The highest BCUT2D eigenvalue weighted by atomic mass is 15.2. The van der Waals surface area contributed by atoms with Crippen LogP contribution in [0.2, 0.25) is 0 Å². The van der Waals surface area contributed by atoms with Crippen molar-refractivity contribution in [2.45, 2.75) is 19.0 Å². The number of nitrogens with zero attached hydrogens (tertiary/aromatic N) is 2. The fourth-order valence-electron chi connectivity index (χ4n) is 1.71. The number of nitrogens with one attached hydrogen (secondary N) is 1. The third kappa shape index (κ3) is 2.19. The zero-order valence-electron chi connectivity index (χ0n) is 8.67. The maximum Gasteiger partial charge on any atom is 0.0370 e. The summed E-state index contributed by atoms with van der Waals surface area (Å²) in [6.07, 6.45) is 0. The Hall–Kier alpha value is -0.120. The summed E-state index contributed by atoms with van der Waals surface area (Å²) in [5.41, 5.74) is 0. The molecule has 1 fully saturated rings. The van der Waals surface area contributed by atoms with E-state index in [9.17, 15) is 0 Å². The Bertz CT molecular complexity index is 136. The molecule has 1 aliphatic heterocycles. The van der Waals surface area contributed by atoms with Crippen LogP contribution in [0.5, 0.6) is 0 Å². The molecule has 3 heteroatoms. The van der Waals surface area contributed by atoms with Crippen LogP contribution in [-0.4, -0.2) is 62.7 Å². The Balaban J connectivity index is 2.47. The molecule has 3 nitrogen and oxygen atoms in total. The van der Waals surface area contributed by atoms with Gasteiger partial charge in [0, 0.05) is 31.7 Å². The molecular weight excluding hydrogens is 150 g/mol. The molecule has 2 unspecified atom stereocenters. The molecule has 0 radical (unpaired) electrons. The standard InChI is InChI=1S/C9H21N3/c1-8(11(2)3)9-7-10-5-6-12(9)4/h8-10H,5-7H2,1-4H3. The highest BCUT2D eigenvalue weighted by molar-refractivity contribution is 4.85. The Labute approximate surface area is 75.7 Å². The summed E-state index contributed by atoms with van der Waals surface area (Å²) >= 11 is 0. The van der Waals surface area contributed by atoms with Gasteiger partial charge in [0.15, 0.2) is 0 Å². The van der Waals surface area contributed by atoms with Gasteiger partial charge in [0.05, 0.1) is 0 Å². The molecule has 1 heterocycles. The van der Waals surface area contributed by atoms with E-state index in [1.807, 2.05) is 0 Å². The monoisotopic (exact) mass is 171 g/mol. The van der Waals surface area contributed by atoms with Gasteiger partial charge in [-0.1, -0.05) is 0 Å². The molecule has 2 atom stereocenters. The normalized spacial score (nSPS) is 29.2. The fourth-order valence-corrected chi connectivity index (χ4v) is 1.71. The molecule has 0 bridgehead atoms. The minimum absolute atomic E-state index is 0.628. The van der Waals surface area contributed by atoms with Crippen LogP contribution < -0.4 is 5.32 Å². The highest BCUT2D eigenvalue weighted by Crippen LogP contribution is 2.08. The molecule has 12 heavy (non-hydrogen) atoms. The lowest BCUT2D eigenvalue weighted by atomic mass is 10.1. The summed E-state index contributed by atoms with van der Waals surface area (Å²) in [5, 5.41) is 3.43. The highest BCUT2D eigenvalue weighted by Gasteiger charge is 2.25. The minimum atomic E-state index is 0.628. The number of piperazine rings is 1. The minimum Gasteiger partial charge on any atom is -0.314 e. The van der Waals surface area contributed by atoms with E-state index in [-0.39, 0.29) is 0 Å². The second kappa shape index (κ2) is 4.21. The zero-order valence-corrected chi connectivity index (χ0v) is 8.67. The molecule has 0 saturated carbocycles. The largest absolute Gasteiger partial charge is 0.314 e. The number of rotatable bonds is 2. The molecule has 1 N–H and O–H groups in total. The van der Waals surface area contributed by atoms with E-state index in [4.69, 9.17) is 0 Å². The van der Waals surface area contributed by atoms with Gasteiger partial charge < -0.3 is 10.2 Å². The van der Waals surface area contributed by atoms with E-state index in [0.29, 0.717) is 12.1 Å². The zero-order chi connectivity index (χ0) is 9.14. The Morgan fingerprint density at radius 1 is 1.50 bits per heavy atom. The van der Waals surface area contributed by atoms with E-state index in [2.05, 4.69) is 43.2 Å². The maximum atomic E-state index is 3.43. The Morgan fingerprint density at radius 2 is 2.17 bits per heavy atom. The van der Waals surface area contributed by atoms with Crippen molar-refractivity contribution in [3.63, 3.8) is 0 Å². The lowest BCUT2D eigenvalue weighted by Crippen LogP contribution is -2.57. The lowest BCUT2D eigenvalue weighted by molar-refractivity contribution is 0.117. The van der Waals surface area contributed by atoms with E-state index < -0.39 is 0 Å². The van der Waals surface area contributed by atoms with E-state index >= 15 is 0 Å². The molecule has 1 aliphatic rings. The summed E-state index contributed by atoms with van der Waals surface area (Å²) in [4.78, 5) is 4.73.